The lowest BCUT2D eigenvalue weighted by Gasteiger charge is -2.40. The predicted octanol–water partition coefficient (Wildman–Crippen LogP) is -0.101. The number of hydrogen-bond donors (Lipinski definition) is 0. The highest BCUT2D eigenvalue weighted by molar-refractivity contribution is 7.88. The molecule has 1 heterocycles. The molecule has 1 rings (SSSR count). The average molecular weight is 274 g/mol. The van der Waals surface area contributed by atoms with Gasteiger partial charge in [-0.05, 0) is 0 Å². The van der Waals surface area contributed by atoms with Crippen LogP contribution < -0.4 is 0 Å². The minimum atomic E-state index is -4.85. The predicted molar refractivity (Wildman–Crippen MR) is 53.6 cm³/mol. The number of likely N-dealkylation sites (tertiary alicyclic amines) is 1. The SMILES string of the molecule is CN(CC1CN(C(=O)C(F)(F)F)C1)S(C)(=O)=O. The molecule has 9 heteroatoms. The Morgan fingerprint density at radius 3 is 2.24 bits per heavy atom. The first kappa shape index (κ1) is 14.2. The molecule has 1 aliphatic rings. The summed E-state index contributed by atoms with van der Waals surface area (Å²) in [7, 11) is -1.98. The highest BCUT2D eigenvalue weighted by Gasteiger charge is 2.46. The summed E-state index contributed by atoms with van der Waals surface area (Å²) in [6.45, 7) is 0.0108. The number of hydrogen-bond acceptors (Lipinski definition) is 3. The maximum absolute atomic E-state index is 12.0. The molecule has 0 atom stereocenters. The molecule has 0 aromatic heterocycles. The molecule has 0 aliphatic carbocycles. The minimum absolute atomic E-state index is 0.0573. The first-order valence-electron chi connectivity index (χ1n) is 4.79. The normalized spacial score (nSPS) is 18.4. The smallest absolute Gasteiger partial charge is 0.334 e. The van der Waals surface area contributed by atoms with Crippen molar-refractivity contribution in [1.29, 1.82) is 0 Å². The van der Waals surface area contributed by atoms with Crippen molar-refractivity contribution in [3.63, 3.8) is 0 Å². The van der Waals surface area contributed by atoms with Gasteiger partial charge in [0.1, 0.15) is 0 Å². The highest BCUT2D eigenvalue weighted by Crippen LogP contribution is 2.25. The summed E-state index contributed by atoms with van der Waals surface area (Å²) in [5, 5.41) is 0. The van der Waals surface area contributed by atoms with E-state index in [1.54, 1.807) is 0 Å². The zero-order chi connectivity index (χ0) is 13.4. The number of sulfonamides is 1. The van der Waals surface area contributed by atoms with E-state index < -0.39 is 22.1 Å². The first-order valence-corrected chi connectivity index (χ1v) is 6.64. The van der Waals surface area contributed by atoms with Gasteiger partial charge in [-0.3, -0.25) is 4.79 Å². The van der Waals surface area contributed by atoms with Crippen molar-refractivity contribution in [1.82, 2.24) is 9.21 Å². The summed E-state index contributed by atoms with van der Waals surface area (Å²) in [6, 6.07) is 0. The van der Waals surface area contributed by atoms with E-state index >= 15 is 0 Å². The Kier molecular flexibility index (Phi) is 3.72. The van der Waals surface area contributed by atoms with E-state index in [0.29, 0.717) is 4.90 Å². The summed E-state index contributed by atoms with van der Waals surface area (Å²) >= 11 is 0. The second kappa shape index (κ2) is 4.45. The molecule has 1 fully saturated rings. The number of alkyl halides is 3. The molecule has 0 radical (unpaired) electrons. The van der Waals surface area contributed by atoms with Crippen LogP contribution in [0.4, 0.5) is 13.2 Å². The highest BCUT2D eigenvalue weighted by atomic mass is 32.2. The van der Waals surface area contributed by atoms with Crippen molar-refractivity contribution in [2.75, 3.05) is 32.9 Å². The summed E-state index contributed by atoms with van der Waals surface area (Å²) in [5.74, 6) is -2.10. The van der Waals surface area contributed by atoms with Crippen LogP contribution in [0.2, 0.25) is 0 Å². The van der Waals surface area contributed by atoms with Gasteiger partial charge in [0.2, 0.25) is 10.0 Å². The van der Waals surface area contributed by atoms with Crippen LogP contribution in [0.3, 0.4) is 0 Å². The van der Waals surface area contributed by atoms with Crippen LogP contribution in [0.5, 0.6) is 0 Å². The molecule has 0 aromatic carbocycles. The van der Waals surface area contributed by atoms with Crippen LogP contribution in [0.25, 0.3) is 0 Å². The second-order valence-corrected chi connectivity index (χ2v) is 6.21. The molecule has 1 aliphatic heterocycles. The van der Waals surface area contributed by atoms with Crippen LogP contribution in [0, 0.1) is 5.92 Å². The first-order chi connectivity index (χ1) is 7.51. The van der Waals surface area contributed by atoms with Gasteiger partial charge in [0.15, 0.2) is 0 Å². The Bertz CT molecular complexity index is 401. The zero-order valence-electron chi connectivity index (χ0n) is 9.36. The third-order valence-corrected chi connectivity index (χ3v) is 3.85. The number of rotatable bonds is 3. The number of carbonyl (C=O) groups excluding carboxylic acids is 1. The number of nitrogens with zero attached hydrogens (tertiary/aromatic N) is 2. The van der Waals surface area contributed by atoms with E-state index in [0.717, 1.165) is 10.6 Å². The Hall–Kier alpha value is -0.830. The van der Waals surface area contributed by atoms with Gasteiger partial charge in [-0.1, -0.05) is 0 Å². The molecule has 0 spiro atoms. The third kappa shape index (κ3) is 3.56. The lowest BCUT2D eigenvalue weighted by molar-refractivity contribution is -0.191. The molecule has 17 heavy (non-hydrogen) atoms. The maximum atomic E-state index is 12.0. The van der Waals surface area contributed by atoms with E-state index in [9.17, 15) is 26.4 Å². The largest absolute Gasteiger partial charge is 0.471 e. The van der Waals surface area contributed by atoms with Crippen molar-refractivity contribution >= 4 is 15.9 Å². The van der Waals surface area contributed by atoms with Gasteiger partial charge < -0.3 is 4.90 Å². The van der Waals surface area contributed by atoms with Crippen LogP contribution in [0.15, 0.2) is 0 Å². The van der Waals surface area contributed by atoms with Crippen LogP contribution in [-0.2, 0) is 14.8 Å². The lowest BCUT2D eigenvalue weighted by atomic mass is 10.0. The van der Waals surface area contributed by atoms with Gasteiger partial charge in [-0.2, -0.15) is 13.2 Å². The Balaban J connectivity index is 2.41. The van der Waals surface area contributed by atoms with Crippen LogP contribution >= 0.6 is 0 Å². The van der Waals surface area contributed by atoms with Gasteiger partial charge in [0.25, 0.3) is 0 Å². The summed E-state index contributed by atoms with van der Waals surface area (Å²) in [4.78, 5) is 11.4. The van der Waals surface area contributed by atoms with Gasteiger partial charge >= 0.3 is 12.1 Å². The number of amides is 1. The third-order valence-electron chi connectivity index (χ3n) is 2.57. The van der Waals surface area contributed by atoms with Gasteiger partial charge in [-0.25, -0.2) is 12.7 Å². The maximum Gasteiger partial charge on any atom is 0.471 e. The fourth-order valence-corrected chi connectivity index (χ4v) is 2.01. The average Bonchev–Trinajstić information content (AvgIpc) is 2.05. The molecule has 0 bridgehead atoms. The number of halogens is 3. The van der Waals surface area contributed by atoms with E-state index in [-0.39, 0.29) is 25.6 Å². The molecule has 0 unspecified atom stereocenters. The molecule has 0 aromatic rings. The van der Waals surface area contributed by atoms with Crippen molar-refractivity contribution < 1.29 is 26.4 Å². The number of carbonyl (C=O) groups is 1. The zero-order valence-corrected chi connectivity index (χ0v) is 10.2. The molecule has 0 N–H and O–H groups in total. The van der Waals surface area contributed by atoms with Gasteiger partial charge in [0, 0.05) is 32.6 Å². The van der Waals surface area contributed by atoms with Gasteiger partial charge in [0.05, 0.1) is 6.26 Å². The Morgan fingerprint density at radius 2 is 1.88 bits per heavy atom. The van der Waals surface area contributed by atoms with Crippen molar-refractivity contribution in [3.8, 4) is 0 Å². The molecular formula is C8H13F3N2O3S. The monoisotopic (exact) mass is 274 g/mol. The molecule has 0 saturated carbocycles. The van der Waals surface area contributed by atoms with E-state index in [1.807, 2.05) is 0 Å². The van der Waals surface area contributed by atoms with Crippen molar-refractivity contribution in [2.24, 2.45) is 5.92 Å². The molecular weight excluding hydrogens is 261 g/mol. The summed E-state index contributed by atoms with van der Waals surface area (Å²) < 4.78 is 59.2. The minimum Gasteiger partial charge on any atom is -0.334 e. The molecule has 5 nitrogen and oxygen atoms in total. The lowest BCUT2D eigenvalue weighted by Crippen LogP contribution is -2.57. The van der Waals surface area contributed by atoms with E-state index in [1.165, 1.54) is 7.05 Å². The summed E-state index contributed by atoms with van der Waals surface area (Å²) in [5.41, 5.74) is 0. The molecule has 100 valence electrons. The molecule has 1 saturated heterocycles. The fraction of sp³-hybridized carbons (Fsp3) is 0.875. The van der Waals surface area contributed by atoms with Crippen molar-refractivity contribution in [3.05, 3.63) is 0 Å². The Morgan fingerprint density at radius 1 is 1.41 bits per heavy atom. The summed E-state index contributed by atoms with van der Waals surface area (Å²) in [6.07, 6.45) is -3.84. The topological polar surface area (TPSA) is 57.7 Å². The van der Waals surface area contributed by atoms with Crippen molar-refractivity contribution in [2.45, 2.75) is 6.18 Å². The van der Waals surface area contributed by atoms with Gasteiger partial charge in [-0.15, -0.1) is 0 Å². The Labute approximate surface area is 97.2 Å². The van der Waals surface area contributed by atoms with E-state index in [4.69, 9.17) is 0 Å². The second-order valence-electron chi connectivity index (χ2n) is 4.12. The fourth-order valence-electron chi connectivity index (χ4n) is 1.53. The van der Waals surface area contributed by atoms with Crippen LogP contribution in [0.1, 0.15) is 0 Å². The quantitative estimate of drug-likeness (QED) is 0.722. The molecule has 1 amide bonds. The van der Waals surface area contributed by atoms with E-state index in [2.05, 4.69) is 0 Å². The van der Waals surface area contributed by atoms with Crippen LogP contribution in [-0.4, -0.2) is 62.6 Å². The standard InChI is InChI=1S/C8H13F3N2O3S/c1-12(17(2,15)16)3-6-4-13(5-6)7(14)8(9,10)11/h6H,3-5H2,1-2H3.